The second-order valence-electron chi connectivity index (χ2n) is 5.23. The Labute approximate surface area is 93.9 Å². The van der Waals surface area contributed by atoms with E-state index >= 15 is 0 Å². The maximum atomic E-state index is 9.82. The smallest absolute Gasteiger partial charge is 0.0741 e. The first-order valence-corrected chi connectivity index (χ1v) is 6.11. The van der Waals surface area contributed by atoms with Crippen LogP contribution >= 0.6 is 0 Å². The minimum Gasteiger partial charge on any atom is -0.389 e. The van der Waals surface area contributed by atoms with Crippen LogP contribution in [0.4, 0.5) is 0 Å². The highest BCUT2D eigenvalue weighted by molar-refractivity contribution is 4.86. The highest BCUT2D eigenvalue weighted by Gasteiger charge is 2.29. The van der Waals surface area contributed by atoms with Gasteiger partial charge >= 0.3 is 0 Å². The van der Waals surface area contributed by atoms with Gasteiger partial charge in [0.2, 0.25) is 0 Å². The Hall–Kier alpha value is -0.120. The van der Waals surface area contributed by atoms with Gasteiger partial charge in [0.1, 0.15) is 0 Å². The molecule has 0 amide bonds. The first kappa shape index (κ1) is 12.9. The third-order valence-corrected chi connectivity index (χ3v) is 3.53. The Morgan fingerprint density at radius 1 is 1.53 bits per heavy atom. The Balaban J connectivity index is 2.13. The normalized spacial score (nSPS) is 22.8. The Bertz CT molecular complexity index is 190. The van der Waals surface area contributed by atoms with E-state index in [9.17, 15) is 5.11 Å². The lowest BCUT2D eigenvalue weighted by Gasteiger charge is -2.27. The van der Waals surface area contributed by atoms with Gasteiger partial charge in [-0.2, -0.15) is 0 Å². The van der Waals surface area contributed by atoms with E-state index in [4.69, 9.17) is 0 Å². The molecule has 1 fully saturated rings. The van der Waals surface area contributed by atoms with E-state index in [0.717, 1.165) is 19.0 Å². The molecule has 2 unspecified atom stereocenters. The lowest BCUT2D eigenvalue weighted by Crippen LogP contribution is -2.44. The van der Waals surface area contributed by atoms with Crippen LogP contribution in [0.25, 0.3) is 0 Å². The molecule has 0 aliphatic heterocycles. The van der Waals surface area contributed by atoms with Gasteiger partial charge in [-0.05, 0) is 40.2 Å². The van der Waals surface area contributed by atoms with Crippen molar-refractivity contribution in [2.75, 3.05) is 20.1 Å². The number of hydrogen-bond acceptors (Lipinski definition) is 3. The fraction of sp³-hybridized carbons (Fsp3) is 1.00. The van der Waals surface area contributed by atoms with Crippen molar-refractivity contribution in [2.24, 2.45) is 0 Å². The number of hydrogen-bond donors (Lipinski definition) is 2. The highest BCUT2D eigenvalue weighted by Crippen LogP contribution is 2.26. The Morgan fingerprint density at radius 3 is 2.60 bits per heavy atom. The summed E-state index contributed by atoms with van der Waals surface area (Å²) in [5.41, 5.74) is -0.558. The third kappa shape index (κ3) is 4.49. The molecule has 1 aliphatic rings. The van der Waals surface area contributed by atoms with Crippen molar-refractivity contribution >= 4 is 0 Å². The zero-order valence-electron chi connectivity index (χ0n) is 10.6. The number of aliphatic hydroxyl groups is 1. The summed E-state index contributed by atoms with van der Waals surface area (Å²) in [6.45, 7) is 7.79. The molecule has 0 saturated heterocycles. The summed E-state index contributed by atoms with van der Waals surface area (Å²) in [4.78, 5) is 2.44. The molecule has 0 heterocycles. The predicted octanol–water partition coefficient (Wildman–Crippen LogP) is 1.22. The van der Waals surface area contributed by atoms with Gasteiger partial charge in [-0.1, -0.05) is 6.92 Å². The van der Waals surface area contributed by atoms with Crippen LogP contribution in [0, 0.1) is 0 Å². The number of nitrogens with one attached hydrogen (secondary N) is 1. The molecular weight excluding hydrogens is 188 g/mol. The molecule has 2 atom stereocenters. The van der Waals surface area contributed by atoms with Crippen LogP contribution in [0.3, 0.4) is 0 Å². The van der Waals surface area contributed by atoms with Gasteiger partial charge in [0.25, 0.3) is 0 Å². The lowest BCUT2D eigenvalue weighted by molar-refractivity contribution is 0.0541. The van der Waals surface area contributed by atoms with Crippen LogP contribution in [-0.2, 0) is 0 Å². The van der Waals surface area contributed by atoms with E-state index in [0.29, 0.717) is 12.6 Å². The third-order valence-electron chi connectivity index (χ3n) is 3.53. The van der Waals surface area contributed by atoms with E-state index in [1.54, 1.807) is 0 Å². The molecule has 1 saturated carbocycles. The van der Waals surface area contributed by atoms with Crippen molar-refractivity contribution in [2.45, 2.75) is 57.7 Å². The fourth-order valence-electron chi connectivity index (χ4n) is 1.66. The molecule has 0 aromatic carbocycles. The zero-order chi connectivity index (χ0) is 11.5. The SMILES string of the molecule is CCC(C)(O)CNCC(C)N(C)C1CC1. The second kappa shape index (κ2) is 5.28. The average molecular weight is 214 g/mol. The van der Waals surface area contributed by atoms with Gasteiger partial charge in [0.05, 0.1) is 5.60 Å². The molecule has 1 aliphatic carbocycles. The second-order valence-corrected chi connectivity index (χ2v) is 5.23. The van der Waals surface area contributed by atoms with Crippen LogP contribution in [-0.4, -0.2) is 47.8 Å². The van der Waals surface area contributed by atoms with Crippen molar-refractivity contribution in [1.82, 2.24) is 10.2 Å². The van der Waals surface area contributed by atoms with Crippen molar-refractivity contribution in [3.63, 3.8) is 0 Å². The van der Waals surface area contributed by atoms with E-state index < -0.39 is 5.60 Å². The summed E-state index contributed by atoms with van der Waals surface area (Å²) in [7, 11) is 2.20. The summed E-state index contributed by atoms with van der Waals surface area (Å²) in [6.07, 6.45) is 3.51. The maximum Gasteiger partial charge on any atom is 0.0741 e. The van der Waals surface area contributed by atoms with E-state index in [2.05, 4.69) is 24.2 Å². The van der Waals surface area contributed by atoms with E-state index in [1.807, 2.05) is 13.8 Å². The quantitative estimate of drug-likeness (QED) is 0.669. The molecule has 1 rings (SSSR count). The van der Waals surface area contributed by atoms with Gasteiger partial charge in [-0.15, -0.1) is 0 Å². The average Bonchev–Trinajstić information content (AvgIpc) is 2.99. The Kier molecular flexibility index (Phi) is 4.56. The van der Waals surface area contributed by atoms with E-state index in [-0.39, 0.29) is 0 Å². The van der Waals surface area contributed by atoms with Crippen molar-refractivity contribution in [3.8, 4) is 0 Å². The number of nitrogens with zero attached hydrogens (tertiary/aromatic N) is 1. The Morgan fingerprint density at radius 2 is 2.13 bits per heavy atom. The molecule has 15 heavy (non-hydrogen) atoms. The number of likely N-dealkylation sites (N-methyl/N-ethyl adjacent to an activating group) is 1. The molecule has 2 N–H and O–H groups in total. The molecule has 3 heteroatoms. The molecule has 0 radical (unpaired) electrons. The minimum atomic E-state index is -0.558. The maximum absolute atomic E-state index is 9.82. The standard InChI is InChI=1S/C12H26N2O/c1-5-12(3,15)9-13-8-10(2)14(4)11-6-7-11/h10-11,13,15H,5-9H2,1-4H3. The predicted molar refractivity (Wildman–Crippen MR) is 64.0 cm³/mol. The first-order chi connectivity index (χ1) is 6.96. The van der Waals surface area contributed by atoms with Gasteiger partial charge in [0.15, 0.2) is 0 Å². The van der Waals surface area contributed by atoms with E-state index in [1.165, 1.54) is 12.8 Å². The monoisotopic (exact) mass is 214 g/mol. The zero-order valence-corrected chi connectivity index (χ0v) is 10.6. The first-order valence-electron chi connectivity index (χ1n) is 6.11. The summed E-state index contributed by atoms with van der Waals surface area (Å²) in [5.74, 6) is 0. The highest BCUT2D eigenvalue weighted by atomic mass is 16.3. The van der Waals surface area contributed by atoms with Crippen molar-refractivity contribution < 1.29 is 5.11 Å². The van der Waals surface area contributed by atoms with Crippen molar-refractivity contribution in [3.05, 3.63) is 0 Å². The van der Waals surface area contributed by atoms with Gasteiger partial charge in [0, 0.05) is 25.2 Å². The van der Waals surface area contributed by atoms with Crippen LogP contribution in [0.5, 0.6) is 0 Å². The summed E-state index contributed by atoms with van der Waals surface area (Å²) in [5, 5.41) is 13.2. The number of rotatable bonds is 7. The molecule has 0 aromatic rings. The topological polar surface area (TPSA) is 35.5 Å². The summed E-state index contributed by atoms with van der Waals surface area (Å²) in [6, 6.07) is 1.37. The molecule has 3 nitrogen and oxygen atoms in total. The van der Waals surface area contributed by atoms with Crippen LogP contribution < -0.4 is 5.32 Å². The van der Waals surface area contributed by atoms with Crippen LogP contribution in [0.15, 0.2) is 0 Å². The largest absolute Gasteiger partial charge is 0.389 e. The van der Waals surface area contributed by atoms with Gasteiger partial charge in [-0.25, -0.2) is 0 Å². The molecular formula is C12H26N2O. The van der Waals surface area contributed by atoms with Crippen LogP contribution in [0.1, 0.15) is 40.0 Å². The van der Waals surface area contributed by atoms with Gasteiger partial charge < -0.3 is 10.4 Å². The summed E-state index contributed by atoms with van der Waals surface area (Å²) >= 11 is 0. The van der Waals surface area contributed by atoms with Crippen molar-refractivity contribution in [1.29, 1.82) is 0 Å². The van der Waals surface area contributed by atoms with Gasteiger partial charge in [-0.3, -0.25) is 4.90 Å². The molecule has 0 aromatic heterocycles. The molecule has 90 valence electrons. The molecule has 0 spiro atoms. The molecule has 0 bridgehead atoms. The minimum absolute atomic E-state index is 0.558. The van der Waals surface area contributed by atoms with Crippen LogP contribution in [0.2, 0.25) is 0 Å². The lowest BCUT2D eigenvalue weighted by atomic mass is 10.0. The fourth-order valence-corrected chi connectivity index (χ4v) is 1.66. The summed E-state index contributed by atoms with van der Waals surface area (Å²) < 4.78 is 0.